The molecular formula is C14H22O4. The van der Waals surface area contributed by atoms with Crippen LogP contribution in [0.1, 0.15) is 40.0 Å². The first kappa shape index (κ1) is 14.9. The van der Waals surface area contributed by atoms with E-state index in [0.717, 1.165) is 12.8 Å². The number of Topliss-reactive ketones (excluding diaryl/α,β-unsaturated/α-hetero) is 2. The fourth-order valence-electron chi connectivity index (χ4n) is 3.00. The van der Waals surface area contributed by atoms with Gasteiger partial charge in [0.1, 0.15) is 11.7 Å². The average molecular weight is 254 g/mol. The molecule has 0 saturated heterocycles. The maximum absolute atomic E-state index is 12.0. The third-order valence-electron chi connectivity index (χ3n) is 3.78. The van der Waals surface area contributed by atoms with Gasteiger partial charge in [-0.2, -0.15) is 0 Å². The van der Waals surface area contributed by atoms with Gasteiger partial charge in [0.25, 0.3) is 0 Å². The zero-order chi connectivity index (χ0) is 13.9. The Morgan fingerprint density at radius 3 is 2.39 bits per heavy atom. The van der Waals surface area contributed by atoms with Crippen LogP contribution in [-0.4, -0.2) is 24.6 Å². The lowest BCUT2D eigenvalue weighted by Crippen LogP contribution is -2.47. The Labute approximate surface area is 108 Å². The predicted molar refractivity (Wildman–Crippen MR) is 66.9 cm³/mol. The van der Waals surface area contributed by atoms with Crippen molar-refractivity contribution in [2.75, 3.05) is 7.11 Å². The summed E-state index contributed by atoms with van der Waals surface area (Å²) in [7, 11) is 1.29. The van der Waals surface area contributed by atoms with Crippen LogP contribution in [0.15, 0.2) is 0 Å². The third kappa shape index (κ3) is 2.79. The highest BCUT2D eigenvalue weighted by atomic mass is 16.5. The van der Waals surface area contributed by atoms with E-state index in [1.165, 1.54) is 7.11 Å². The van der Waals surface area contributed by atoms with Gasteiger partial charge in [-0.05, 0) is 18.3 Å². The smallest absolute Gasteiger partial charge is 0.316 e. The summed E-state index contributed by atoms with van der Waals surface area (Å²) in [5, 5.41) is 0. The molecule has 18 heavy (non-hydrogen) atoms. The number of hydrogen-bond acceptors (Lipinski definition) is 4. The number of rotatable bonds is 4. The summed E-state index contributed by atoms with van der Waals surface area (Å²) in [5.74, 6) is -1.84. The molecule has 3 atom stereocenters. The maximum atomic E-state index is 12.0. The quantitative estimate of drug-likeness (QED) is 0.568. The van der Waals surface area contributed by atoms with Crippen LogP contribution in [0, 0.1) is 23.7 Å². The lowest BCUT2D eigenvalue weighted by atomic mass is 9.64. The molecule has 102 valence electrons. The molecule has 0 spiro atoms. The molecule has 1 saturated carbocycles. The second-order valence-electron chi connectivity index (χ2n) is 5.33. The lowest BCUT2D eigenvalue weighted by Gasteiger charge is -2.37. The van der Waals surface area contributed by atoms with Crippen molar-refractivity contribution in [2.45, 2.75) is 40.0 Å². The van der Waals surface area contributed by atoms with Crippen molar-refractivity contribution in [2.24, 2.45) is 23.7 Å². The molecule has 0 aliphatic heterocycles. The van der Waals surface area contributed by atoms with Crippen LogP contribution in [0.25, 0.3) is 0 Å². The van der Waals surface area contributed by atoms with Gasteiger partial charge in [-0.15, -0.1) is 0 Å². The summed E-state index contributed by atoms with van der Waals surface area (Å²) in [6.45, 7) is 5.92. The van der Waals surface area contributed by atoms with E-state index < -0.39 is 11.9 Å². The van der Waals surface area contributed by atoms with Gasteiger partial charge in [-0.1, -0.05) is 27.2 Å². The molecule has 0 heterocycles. The van der Waals surface area contributed by atoms with Crippen molar-refractivity contribution < 1.29 is 19.1 Å². The average Bonchev–Trinajstić information content (AvgIpc) is 2.30. The van der Waals surface area contributed by atoms with Gasteiger partial charge in [-0.3, -0.25) is 14.4 Å². The van der Waals surface area contributed by atoms with Crippen molar-refractivity contribution >= 4 is 17.5 Å². The van der Waals surface area contributed by atoms with Crippen LogP contribution >= 0.6 is 0 Å². The molecule has 0 aromatic rings. The van der Waals surface area contributed by atoms with Gasteiger partial charge < -0.3 is 4.74 Å². The van der Waals surface area contributed by atoms with E-state index in [2.05, 4.69) is 0 Å². The van der Waals surface area contributed by atoms with E-state index in [9.17, 15) is 14.4 Å². The van der Waals surface area contributed by atoms with Crippen molar-refractivity contribution in [1.29, 1.82) is 0 Å². The van der Waals surface area contributed by atoms with Crippen molar-refractivity contribution in [3.63, 3.8) is 0 Å². The van der Waals surface area contributed by atoms with Crippen LogP contribution in [0.2, 0.25) is 0 Å². The summed E-state index contributed by atoms with van der Waals surface area (Å²) in [6.07, 6.45) is 1.50. The monoisotopic (exact) mass is 254 g/mol. The first-order valence-electron chi connectivity index (χ1n) is 6.57. The molecule has 1 aliphatic rings. The standard InChI is InChI=1S/C14H22O4/c1-5-6-9-10(15)7-11(16)13(14(17)18-4)12(9)8(2)3/h8-9,12-13H,5-7H2,1-4H3. The maximum Gasteiger partial charge on any atom is 0.316 e. The summed E-state index contributed by atoms with van der Waals surface area (Å²) in [4.78, 5) is 35.7. The third-order valence-corrected chi connectivity index (χ3v) is 3.78. The van der Waals surface area contributed by atoms with Crippen LogP contribution < -0.4 is 0 Å². The Kier molecular flexibility index (Phi) is 5.05. The molecule has 3 unspecified atom stereocenters. The summed E-state index contributed by atoms with van der Waals surface area (Å²) >= 11 is 0. The van der Waals surface area contributed by atoms with Crippen molar-refractivity contribution in [1.82, 2.24) is 0 Å². The summed E-state index contributed by atoms with van der Waals surface area (Å²) < 4.78 is 4.73. The molecule has 0 aromatic carbocycles. The Morgan fingerprint density at radius 2 is 1.94 bits per heavy atom. The van der Waals surface area contributed by atoms with Crippen molar-refractivity contribution in [3.05, 3.63) is 0 Å². The van der Waals surface area contributed by atoms with Gasteiger partial charge in [0.2, 0.25) is 0 Å². The second kappa shape index (κ2) is 6.12. The number of hydrogen-bond donors (Lipinski definition) is 0. The van der Waals surface area contributed by atoms with Crippen LogP contribution in [-0.2, 0) is 19.1 Å². The fraction of sp³-hybridized carbons (Fsp3) is 0.786. The molecule has 0 aromatic heterocycles. The normalized spacial score (nSPS) is 28.6. The van der Waals surface area contributed by atoms with Gasteiger partial charge in [0.05, 0.1) is 13.5 Å². The van der Waals surface area contributed by atoms with Crippen LogP contribution in [0.5, 0.6) is 0 Å². The van der Waals surface area contributed by atoms with Crippen LogP contribution in [0.4, 0.5) is 0 Å². The SMILES string of the molecule is CCCC1C(=O)CC(=O)C(C(=O)OC)C1C(C)C. The zero-order valence-electron chi connectivity index (χ0n) is 11.6. The second-order valence-corrected chi connectivity index (χ2v) is 5.33. The highest BCUT2D eigenvalue weighted by Gasteiger charge is 2.48. The zero-order valence-corrected chi connectivity index (χ0v) is 11.6. The Morgan fingerprint density at radius 1 is 1.33 bits per heavy atom. The molecule has 1 rings (SSSR count). The molecule has 1 fully saturated rings. The molecule has 1 aliphatic carbocycles. The van der Waals surface area contributed by atoms with E-state index >= 15 is 0 Å². The minimum Gasteiger partial charge on any atom is -0.468 e. The van der Waals surface area contributed by atoms with Crippen molar-refractivity contribution in [3.8, 4) is 0 Å². The highest BCUT2D eigenvalue weighted by molar-refractivity contribution is 6.11. The minimum atomic E-state index is -0.760. The largest absolute Gasteiger partial charge is 0.468 e. The molecule has 4 heteroatoms. The molecule has 0 N–H and O–H groups in total. The Balaban J connectivity index is 3.09. The molecule has 0 radical (unpaired) electrons. The topological polar surface area (TPSA) is 60.4 Å². The molecular weight excluding hydrogens is 232 g/mol. The van der Waals surface area contributed by atoms with E-state index in [1.54, 1.807) is 0 Å². The predicted octanol–water partition coefficient (Wildman–Crippen LogP) is 2.01. The molecule has 0 bridgehead atoms. The van der Waals surface area contributed by atoms with Gasteiger partial charge in [0, 0.05) is 5.92 Å². The number of methoxy groups -OCH3 is 1. The first-order chi connectivity index (χ1) is 8.43. The van der Waals surface area contributed by atoms with E-state index in [0.29, 0.717) is 0 Å². The number of carbonyl (C=O) groups excluding carboxylic acids is 3. The Bertz CT molecular complexity index is 344. The van der Waals surface area contributed by atoms with Gasteiger partial charge in [0.15, 0.2) is 5.78 Å². The van der Waals surface area contributed by atoms with E-state index in [-0.39, 0.29) is 35.7 Å². The molecule has 4 nitrogen and oxygen atoms in total. The molecule has 0 amide bonds. The summed E-state index contributed by atoms with van der Waals surface area (Å²) in [5.41, 5.74) is 0. The number of ketones is 2. The van der Waals surface area contributed by atoms with E-state index in [4.69, 9.17) is 4.74 Å². The summed E-state index contributed by atoms with van der Waals surface area (Å²) in [6, 6.07) is 0. The number of ether oxygens (including phenoxy) is 1. The fourth-order valence-corrected chi connectivity index (χ4v) is 3.00. The number of esters is 1. The van der Waals surface area contributed by atoms with Crippen LogP contribution in [0.3, 0.4) is 0 Å². The first-order valence-corrected chi connectivity index (χ1v) is 6.57. The number of carbonyl (C=O) groups is 3. The highest BCUT2D eigenvalue weighted by Crippen LogP contribution is 2.38. The van der Waals surface area contributed by atoms with Gasteiger partial charge >= 0.3 is 5.97 Å². The van der Waals surface area contributed by atoms with Gasteiger partial charge in [-0.25, -0.2) is 0 Å². The lowest BCUT2D eigenvalue weighted by molar-refractivity contribution is -0.158. The minimum absolute atomic E-state index is 0.0132. The van der Waals surface area contributed by atoms with E-state index in [1.807, 2.05) is 20.8 Å². The Hall–Kier alpha value is -1.19.